The summed E-state index contributed by atoms with van der Waals surface area (Å²) in [6, 6.07) is -1.85. The molecular weight excluding hydrogens is 254 g/mol. The maximum absolute atomic E-state index is 10.9. The lowest BCUT2D eigenvalue weighted by Crippen LogP contribution is -2.34. The first-order chi connectivity index (χ1) is 7.49. The minimum Gasteiger partial charge on any atom is -0.480 e. The second-order valence-corrected chi connectivity index (χ2v) is 5.18. The summed E-state index contributed by atoms with van der Waals surface area (Å²) in [5.41, 5.74) is 10.6. The fourth-order valence-electron chi connectivity index (χ4n) is 0.503. The van der Waals surface area contributed by atoms with E-state index in [1.165, 1.54) is 27.8 Å². The van der Waals surface area contributed by atoms with E-state index >= 15 is 0 Å². The highest BCUT2D eigenvalue weighted by molar-refractivity contribution is 8.76. The molecule has 0 saturated heterocycles. The smallest absolute Gasteiger partial charge is 0.339 e. The fourth-order valence-corrected chi connectivity index (χ4v) is 2.72. The van der Waals surface area contributed by atoms with Crippen LogP contribution < -0.4 is 11.5 Å². The second-order valence-electron chi connectivity index (χ2n) is 2.63. The Morgan fingerprint density at radius 1 is 1.31 bits per heavy atom. The lowest BCUT2D eigenvalue weighted by molar-refractivity contribution is -0.138. The first-order valence-corrected chi connectivity index (χ1v) is 6.56. The summed E-state index contributed by atoms with van der Waals surface area (Å²) < 4.78 is 4.02. The van der Waals surface area contributed by atoms with E-state index in [9.17, 15) is 9.59 Å². The Labute approximate surface area is 99.9 Å². The summed E-state index contributed by atoms with van der Waals surface area (Å²) in [5.74, 6) is -1.46. The number of carbonyl (C=O) groups excluding carboxylic acids is 1. The molecule has 0 fully saturated rings. The summed E-state index contributed by atoms with van der Waals surface area (Å²) in [6.07, 6.45) is 1.23. The molecule has 0 aliphatic rings. The Morgan fingerprint density at radius 3 is 2.25 bits per heavy atom. The summed E-state index contributed by atoms with van der Waals surface area (Å²) >= 11 is 0. The highest BCUT2D eigenvalue weighted by Crippen LogP contribution is 2.22. The van der Waals surface area contributed by atoms with E-state index in [-0.39, 0.29) is 11.5 Å². The van der Waals surface area contributed by atoms with Gasteiger partial charge in [-0.2, -0.15) is 0 Å². The van der Waals surface area contributed by atoms with Gasteiger partial charge < -0.3 is 21.3 Å². The van der Waals surface area contributed by atoms with Gasteiger partial charge in [-0.1, -0.05) is 21.6 Å². The van der Waals surface area contributed by atoms with Crippen molar-refractivity contribution in [3.8, 4) is 6.26 Å². The monoisotopic (exact) mass is 265 g/mol. The first-order valence-electron chi connectivity index (χ1n) is 4.07. The van der Waals surface area contributed by atoms with Crippen molar-refractivity contribution in [1.82, 2.24) is 0 Å². The van der Waals surface area contributed by atoms with Gasteiger partial charge >= 0.3 is 11.9 Å². The zero-order valence-electron chi connectivity index (χ0n) is 8.16. The summed E-state index contributed by atoms with van der Waals surface area (Å²) in [5, 5.41) is 16.5. The Kier molecular flexibility index (Phi) is 7.74. The second kappa shape index (κ2) is 8.23. The van der Waals surface area contributed by atoms with Crippen LogP contribution in [0.4, 0.5) is 0 Å². The molecule has 0 bridgehead atoms. The Balaban J connectivity index is 3.63. The third-order valence-corrected chi connectivity index (χ3v) is 3.82. The van der Waals surface area contributed by atoms with Crippen LogP contribution in [0.25, 0.3) is 0 Å². The van der Waals surface area contributed by atoms with Crippen molar-refractivity contribution < 1.29 is 19.4 Å². The average molecular weight is 265 g/mol. The highest BCUT2D eigenvalue weighted by Gasteiger charge is 2.16. The van der Waals surface area contributed by atoms with Crippen LogP contribution in [0.5, 0.6) is 0 Å². The topological polar surface area (TPSA) is 139 Å². The van der Waals surface area contributed by atoms with Crippen molar-refractivity contribution in [3.05, 3.63) is 0 Å². The number of nitrogens with zero attached hydrogens (tertiary/aromatic N) is 1. The quantitative estimate of drug-likeness (QED) is 0.232. The van der Waals surface area contributed by atoms with Crippen molar-refractivity contribution in [2.24, 2.45) is 11.5 Å². The van der Waals surface area contributed by atoms with Crippen LogP contribution in [0.3, 0.4) is 0 Å². The highest BCUT2D eigenvalue weighted by atomic mass is 33.1. The number of carbonyl (C=O) groups is 2. The Morgan fingerprint density at radius 2 is 1.81 bits per heavy atom. The van der Waals surface area contributed by atoms with Gasteiger partial charge in [0.2, 0.25) is 0 Å². The van der Waals surface area contributed by atoms with Gasteiger partial charge in [-0.3, -0.25) is 4.79 Å². The van der Waals surface area contributed by atoms with Gasteiger partial charge in [0.05, 0.1) is 0 Å². The van der Waals surface area contributed by atoms with Gasteiger partial charge in [-0.05, 0) is 0 Å². The molecular formula is C7H11N3O4S2. The number of carboxylic acids is 1. The van der Waals surface area contributed by atoms with Gasteiger partial charge in [0.15, 0.2) is 0 Å². The van der Waals surface area contributed by atoms with Crippen LogP contribution in [-0.4, -0.2) is 40.6 Å². The van der Waals surface area contributed by atoms with Gasteiger partial charge in [0.25, 0.3) is 6.26 Å². The average Bonchev–Trinajstić information content (AvgIpc) is 2.23. The van der Waals surface area contributed by atoms with E-state index in [2.05, 4.69) is 4.74 Å². The predicted octanol–water partition coefficient (Wildman–Crippen LogP) is -0.869. The minimum atomic E-state index is -1.08. The van der Waals surface area contributed by atoms with E-state index in [0.29, 0.717) is 0 Å². The van der Waals surface area contributed by atoms with E-state index in [1.807, 2.05) is 0 Å². The molecule has 7 nitrogen and oxygen atoms in total. The molecule has 5 N–H and O–H groups in total. The van der Waals surface area contributed by atoms with Crippen LogP contribution in [0.15, 0.2) is 0 Å². The van der Waals surface area contributed by atoms with Gasteiger partial charge in [-0.25, -0.2) is 4.79 Å². The Bertz CT molecular complexity index is 294. The third-order valence-electron chi connectivity index (χ3n) is 1.34. The van der Waals surface area contributed by atoms with Gasteiger partial charge in [-0.15, -0.1) is 5.26 Å². The number of rotatable bonds is 7. The van der Waals surface area contributed by atoms with Crippen molar-refractivity contribution in [2.75, 3.05) is 11.5 Å². The molecule has 2 atom stereocenters. The molecule has 90 valence electrons. The van der Waals surface area contributed by atoms with Gasteiger partial charge in [0.1, 0.15) is 12.1 Å². The number of hydrogen-bond donors (Lipinski definition) is 3. The van der Waals surface area contributed by atoms with Crippen molar-refractivity contribution in [1.29, 1.82) is 5.26 Å². The normalized spacial score (nSPS) is 13.6. The number of esters is 1. The number of hydrogen-bond acceptors (Lipinski definition) is 8. The molecule has 0 rings (SSSR count). The molecule has 0 aromatic carbocycles. The fraction of sp³-hybridized carbons (Fsp3) is 0.571. The van der Waals surface area contributed by atoms with Gasteiger partial charge in [0, 0.05) is 11.5 Å². The lowest BCUT2D eigenvalue weighted by atomic mass is 10.4. The van der Waals surface area contributed by atoms with E-state index in [4.69, 9.17) is 21.8 Å². The number of nitriles is 1. The zero-order chi connectivity index (χ0) is 12.6. The molecule has 0 amide bonds. The Hall–Kier alpha value is -0.950. The number of nitrogens with two attached hydrogens (primary N) is 2. The predicted molar refractivity (Wildman–Crippen MR) is 60.2 cm³/mol. The third kappa shape index (κ3) is 6.52. The SMILES string of the molecule is N#COC(=O)C(N)CSSCC(N)C(=O)O. The summed E-state index contributed by atoms with van der Waals surface area (Å²) in [7, 11) is 2.39. The lowest BCUT2D eigenvalue weighted by Gasteiger charge is -2.08. The molecule has 2 unspecified atom stereocenters. The van der Waals surface area contributed by atoms with Crippen LogP contribution in [0.1, 0.15) is 0 Å². The summed E-state index contributed by atoms with van der Waals surface area (Å²) in [6.45, 7) is 0. The largest absolute Gasteiger partial charge is 0.480 e. The van der Waals surface area contributed by atoms with E-state index in [1.54, 1.807) is 0 Å². The van der Waals surface area contributed by atoms with Crippen LogP contribution in [0, 0.1) is 11.5 Å². The molecule has 9 heteroatoms. The minimum absolute atomic E-state index is 0.208. The molecule has 0 aromatic heterocycles. The first kappa shape index (κ1) is 15.0. The molecule has 16 heavy (non-hydrogen) atoms. The van der Waals surface area contributed by atoms with Crippen LogP contribution >= 0.6 is 21.6 Å². The molecule has 0 aromatic rings. The van der Waals surface area contributed by atoms with E-state index in [0.717, 1.165) is 0 Å². The molecule has 0 spiro atoms. The zero-order valence-corrected chi connectivity index (χ0v) is 9.79. The number of ether oxygens (including phenoxy) is 1. The molecule has 0 aliphatic heterocycles. The van der Waals surface area contributed by atoms with Crippen molar-refractivity contribution in [3.63, 3.8) is 0 Å². The van der Waals surface area contributed by atoms with Crippen LogP contribution in [-0.2, 0) is 14.3 Å². The molecule has 0 saturated carbocycles. The maximum atomic E-state index is 10.9. The van der Waals surface area contributed by atoms with Crippen LogP contribution in [0.2, 0.25) is 0 Å². The van der Waals surface area contributed by atoms with Crippen molar-refractivity contribution >= 4 is 33.5 Å². The molecule has 0 radical (unpaired) electrons. The summed E-state index contributed by atoms with van der Waals surface area (Å²) in [4.78, 5) is 21.2. The van der Waals surface area contributed by atoms with E-state index < -0.39 is 24.0 Å². The number of carboxylic acid groups (broad SMARTS) is 1. The molecule has 0 aliphatic carbocycles. The standard InChI is InChI=1S/C7H11N3O4S2/c8-3-14-7(13)5(10)2-16-15-1-4(9)6(11)12/h4-5H,1-2,9-10H2,(H,11,12). The molecule has 0 heterocycles. The number of aliphatic carboxylic acids is 1. The maximum Gasteiger partial charge on any atom is 0.339 e. The van der Waals surface area contributed by atoms with Crippen molar-refractivity contribution in [2.45, 2.75) is 12.1 Å².